The summed E-state index contributed by atoms with van der Waals surface area (Å²) in [5.74, 6) is 0.410. The topological polar surface area (TPSA) is 132 Å². The third-order valence-corrected chi connectivity index (χ3v) is 6.42. The van der Waals surface area contributed by atoms with Gasteiger partial charge in [0.2, 0.25) is 0 Å². The SMILES string of the molecule is COc1cc(N)c(/C(Nc2ccc(C(=O)Nc3ccccc3)cc2)=C(\N)C(=O)N2CCCCC2)cc1OC. The molecule has 3 aromatic rings. The maximum atomic E-state index is 13.4. The van der Waals surface area contributed by atoms with Crippen LogP contribution in [0.4, 0.5) is 17.1 Å². The highest BCUT2D eigenvalue weighted by atomic mass is 16.5. The van der Waals surface area contributed by atoms with Crippen LogP contribution in [-0.2, 0) is 4.79 Å². The fourth-order valence-corrected chi connectivity index (χ4v) is 4.34. The highest BCUT2D eigenvalue weighted by Gasteiger charge is 2.24. The smallest absolute Gasteiger partial charge is 0.271 e. The third-order valence-electron chi connectivity index (χ3n) is 6.42. The van der Waals surface area contributed by atoms with Gasteiger partial charge in [0, 0.05) is 47.3 Å². The maximum Gasteiger partial charge on any atom is 0.271 e. The van der Waals surface area contributed by atoms with Crippen molar-refractivity contribution >= 4 is 34.6 Å². The van der Waals surface area contributed by atoms with Crippen LogP contribution >= 0.6 is 0 Å². The van der Waals surface area contributed by atoms with Gasteiger partial charge in [-0.2, -0.15) is 0 Å². The zero-order chi connectivity index (χ0) is 27.1. The number of likely N-dealkylation sites (tertiary alicyclic amines) is 1. The average Bonchev–Trinajstić information content (AvgIpc) is 2.96. The molecule has 0 radical (unpaired) electrons. The number of anilines is 3. The van der Waals surface area contributed by atoms with Crippen molar-refractivity contribution in [2.75, 3.05) is 43.7 Å². The standard InChI is InChI=1S/C29H33N5O4/c1-37-24-17-22(23(30)18-25(24)38-2)27(26(31)29(36)34-15-7-4-8-16-34)32-21-13-11-19(12-14-21)28(35)33-20-9-5-3-6-10-20/h3,5-6,9-14,17-18,32H,4,7-8,15-16,30-31H2,1-2H3,(H,33,35)/b27-26+. The molecular formula is C29H33N5O4. The van der Waals surface area contributed by atoms with Crippen LogP contribution in [0.15, 0.2) is 72.4 Å². The van der Waals surface area contributed by atoms with Crippen molar-refractivity contribution in [1.29, 1.82) is 0 Å². The lowest BCUT2D eigenvalue weighted by Gasteiger charge is -2.28. The summed E-state index contributed by atoms with van der Waals surface area (Å²) in [4.78, 5) is 27.8. The van der Waals surface area contributed by atoms with Crippen LogP contribution in [0.2, 0.25) is 0 Å². The molecule has 0 bridgehead atoms. The van der Waals surface area contributed by atoms with Gasteiger partial charge in [0.15, 0.2) is 11.5 Å². The van der Waals surface area contributed by atoms with E-state index in [2.05, 4.69) is 10.6 Å². The summed E-state index contributed by atoms with van der Waals surface area (Å²) in [5, 5.41) is 6.12. The van der Waals surface area contributed by atoms with Gasteiger partial charge in [0.25, 0.3) is 11.8 Å². The van der Waals surface area contributed by atoms with Gasteiger partial charge in [-0.15, -0.1) is 0 Å². The van der Waals surface area contributed by atoms with E-state index in [0.29, 0.717) is 58.5 Å². The molecule has 198 valence electrons. The minimum atomic E-state index is -0.264. The molecule has 2 amide bonds. The third kappa shape index (κ3) is 6.00. The van der Waals surface area contributed by atoms with Crippen molar-refractivity contribution in [3.05, 3.63) is 83.6 Å². The number of rotatable bonds is 8. The number of ether oxygens (including phenoxy) is 2. The van der Waals surface area contributed by atoms with Crippen LogP contribution in [0, 0.1) is 0 Å². The molecule has 6 N–H and O–H groups in total. The number of nitrogen functional groups attached to an aromatic ring is 1. The number of para-hydroxylation sites is 1. The van der Waals surface area contributed by atoms with Crippen LogP contribution in [0.5, 0.6) is 11.5 Å². The van der Waals surface area contributed by atoms with E-state index in [9.17, 15) is 9.59 Å². The molecule has 38 heavy (non-hydrogen) atoms. The molecule has 1 saturated heterocycles. The predicted molar refractivity (Wildman–Crippen MR) is 150 cm³/mol. The van der Waals surface area contributed by atoms with Crippen LogP contribution in [0.3, 0.4) is 0 Å². The first-order valence-electron chi connectivity index (χ1n) is 12.5. The van der Waals surface area contributed by atoms with Crippen LogP contribution < -0.4 is 31.6 Å². The van der Waals surface area contributed by atoms with Crippen molar-refractivity contribution in [1.82, 2.24) is 4.90 Å². The summed E-state index contributed by atoms with van der Waals surface area (Å²) in [6.45, 7) is 1.30. The fraction of sp³-hybridized carbons (Fsp3) is 0.241. The molecule has 0 aromatic heterocycles. The molecule has 1 aliphatic rings. The Morgan fingerprint density at radius 3 is 2.05 bits per heavy atom. The number of carbonyl (C=O) groups is 2. The highest BCUT2D eigenvalue weighted by molar-refractivity contribution is 6.05. The van der Waals surface area contributed by atoms with Crippen LogP contribution in [-0.4, -0.2) is 44.0 Å². The normalized spacial score (nSPS) is 13.8. The predicted octanol–water partition coefficient (Wildman–Crippen LogP) is 4.29. The summed E-state index contributed by atoms with van der Waals surface area (Å²) < 4.78 is 10.8. The average molecular weight is 516 g/mol. The number of hydrogen-bond donors (Lipinski definition) is 4. The van der Waals surface area contributed by atoms with Gasteiger partial charge >= 0.3 is 0 Å². The Labute approximate surface area is 222 Å². The Balaban J connectivity index is 1.66. The number of hydrogen-bond acceptors (Lipinski definition) is 7. The summed E-state index contributed by atoms with van der Waals surface area (Å²) in [6, 6.07) is 19.4. The van der Waals surface area contributed by atoms with E-state index in [-0.39, 0.29) is 17.5 Å². The minimum Gasteiger partial charge on any atom is -0.493 e. The van der Waals surface area contributed by atoms with E-state index in [0.717, 1.165) is 19.3 Å². The van der Waals surface area contributed by atoms with Crippen molar-refractivity contribution in [2.45, 2.75) is 19.3 Å². The number of nitrogens with one attached hydrogen (secondary N) is 2. The number of nitrogens with two attached hydrogens (primary N) is 2. The molecule has 0 atom stereocenters. The van der Waals surface area contributed by atoms with Crippen molar-refractivity contribution in [3.8, 4) is 11.5 Å². The van der Waals surface area contributed by atoms with Crippen molar-refractivity contribution in [3.63, 3.8) is 0 Å². The Bertz CT molecular complexity index is 1320. The molecule has 9 heteroatoms. The number of benzene rings is 3. The first kappa shape index (κ1) is 26.4. The van der Waals surface area contributed by atoms with Gasteiger partial charge in [0.05, 0.1) is 19.9 Å². The molecule has 9 nitrogen and oxygen atoms in total. The van der Waals surface area contributed by atoms with E-state index in [1.165, 1.54) is 14.2 Å². The first-order chi connectivity index (χ1) is 18.4. The summed E-state index contributed by atoms with van der Waals surface area (Å²) >= 11 is 0. The number of methoxy groups -OCH3 is 2. The molecule has 1 fully saturated rings. The van der Waals surface area contributed by atoms with Gasteiger partial charge in [-0.25, -0.2) is 0 Å². The molecule has 0 unspecified atom stereocenters. The zero-order valence-electron chi connectivity index (χ0n) is 21.6. The van der Waals surface area contributed by atoms with E-state index in [1.807, 2.05) is 30.3 Å². The van der Waals surface area contributed by atoms with Crippen molar-refractivity contribution < 1.29 is 19.1 Å². The van der Waals surface area contributed by atoms with Gasteiger partial charge in [0.1, 0.15) is 5.70 Å². The van der Waals surface area contributed by atoms with E-state index >= 15 is 0 Å². The second kappa shape index (κ2) is 12.1. The van der Waals surface area contributed by atoms with Gasteiger partial charge in [-0.1, -0.05) is 18.2 Å². The molecule has 0 spiro atoms. The Morgan fingerprint density at radius 2 is 1.42 bits per heavy atom. The van der Waals surface area contributed by atoms with Crippen LogP contribution in [0.1, 0.15) is 35.2 Å². The van der Waals surface area contributed by atoms with Gasteiger partial charge in [-0.05, 0) is 61.7 Å². The largest absolute Gasteiger partial charge is 0.493 e. The quantitative estimate of drug-likeness (QED) is 0.260. The lowest BCUT2D eigenvalue weighted by Crippen LogP contribution is -2.39. The molecule has 1 aliphatic heterocycles. The first-order valence-corrected chi connectivity index (χ1v) is 12.5. The Morgan fingerprint density at radius 1 is 0.816 bits per heavy atom. The number of carbonyl (C=O) groups excluding carboxylic acids is 2. The molecule has 0 aliphatic carbocycles. The molecule has 0 saturated carbocycles. The molecule has 1 heterocycles. The summed E-state index contributed by atoms with van der Waals surface area (Å²) in [6.07, 6.45) is 2.96. The second-order valence-electron chi connectivity index (χ2n) is 8.96. The summed E-state index contributed by atoms with van der Waals surface area (Å²) in [5.41, 5.74) is 15.9. The van der Waals surface area contributed by atoms with E-state index < -0.39 is 0 Å². The van der Waals surface area contributed by atoms with E-state index in [4.69, 9.17) is 20.9 Å². The molecular weight excluding hydrogens is 482 g/mol. The second-order valence-corrected chi connectivity index (χ2v) is 8.96. The highest BCUT2D eigenvalue weighted by Crippen LogP contribution is 2.36. The molecule has 4 rings (SSSR count). The lowest BCUT2D eigenvalue weighted by molar-refractivity contribution is -0.128. The van der Waals surface area contributed by atoms with Crippen LogP contribution in [0.25, 0.3) is 5.70 Å². The van der Waals surface area contributed by atoms with Crippen molar-refractivity contribution in [2.24, 2.45) is 5.73 Å². The van der Waals surface area contributed by atoms with Gasteiger partial charge in [-0.3, -0.25) is 9.59 Å². The number of nitrogens with zero attached hydrogens (tertiary/aromatic N) is 1. The summed E-state index contributed by atoms with van der Waals surface area (Å²) in [7, 11) is 3.05. The minimum absolute atomic E-state index is 0.0386. The number of piperidine rings is 1. The fourth-order valence-electron chi connectivity index (χ4n) is 4.34. The lowest BCUT2D eigenvalue weighted by atomic mass is 10.0. The monoisotopic (exact) mass is 515 g/mol. The Hall–Kier alpha value is -4.66. The molecule has 3 aromatic carbocycles. The van der Waals surface area contributed by atoms with Gasteiger partial charge < -0.3 is 36.5 Å². The number of amides is 2. The Kier molecular flexibility index (Phi) is 8.37. The maximum absolute atomic E-state index is 13.4. The van der Waals surface area contributed by atoms with E-state index in [1.54, 1.807) is 41.3 Å². The zero-order valence-corrected chi connectivity index (χ0v) is 21.6.